The van der Waals surface area contributed by atoms with Gasteiger partial charge in [0.25, 0.3) is 0 Å². The molecule has 4 nitrogen and oxygen atoms in total. The molecule has 1 atom stereocenters. The second-order valence-corrected chi connectivity index (χ2v) is 7.94. The standard InChI is InChI=1S/C15H23ClN2O2S/c1-10-13(9-17-3)7-14(16)8-15(10)21(19,20)18-11(2)12-5-4-6-12/h7-8,11-12,17-18H,4-6,9H2,1-3H3. The van der Waals surface area contributed by atoms with Gasteiger partial charge in [-0.25, -0.2) is 13.1 Å². The first-order valence-corrected chi connectivity index (χ1v) is 9.17. The molecule has 0 aliphatic heterocycles. The van der Waals surface area contributed by atoms with Crippen LogP contribution in [0.4, 0.5) is 0 Å². The van der Waals surface area contributed by atoms with Crippen molar-refractivity contribution >= 4 is 21.6 Å². The van der Waals surface area contributed by atoms with Gasteiger partial charge in [-0.1, -0.05) is 18.0 Å². The maximum atomic E-state index is 12.6. The van der Waals surface area contributed by atoms with Crippen LogP contribution in [0.1, 0.15) is 37.3 Å². The van der Waals surface area contributed by atoms with Crippen molar-refractivity contribution < 1.29 is 8.42 Å². The summed E-state index contributed by atoms with van der Waals surface area (Å²) < 4.78 is 28.1. The van der Waals surface area contributed by atoms with E-state index >= 15 is 0 Å². The van der Waals surface area contributed by atoms with Gasteiger partial charge in [0.05, 0.1) is 4.90 Å². The molecular formula is C15H23ClN2O2S. The molecule has 1 aromatic carbocycles. The molecule has 0 spiro atoms. The first-order valence-electron chi connectivity index (χ1n) is 7.31. The lowest BCUT2D eigenvalue weighted by molar-refractivity contribution is 0.260. The summed E-state index contributed by atoms with van der Waals surface area (Å²) in [6.07, 6.45) is 3.39. The zero-order chi connectivity index (χ0) is 15.6. The van der Waals surface area contributed by atoms with Crippen molar-refractivity contribution in [3.8, 4) is 0 Å². The van der Waals surface area contributed by atoms with E-state index < -0.39 is 10.0 Å². The number of nitrogens with one attached hydrogen (secondary N) is 2. The Labute approximate surface area is 132 Å². The second-order valence-electron chi connectivity index (χ2n) is 5.82. The second kappa shape index (κ2) is 6.65. The molecule has 118 valence electrons. The molecule has 1 aromatic rings. The number of benzene rings is 1. The van der Waals surface area contributed by atoms with E-state index in [2.05, 4.69) is 10.0 Å². The SMILES string of the molecule is CNCc1cc(Cl)cc(S(=O)(=O)NC(C)C2CCC2)c1C. The summed E-state index contributed by atoms with van der Waals surface area (Å²) in [5, 5.41) is 3.48. The van der Waals surface area contributed by atoms with Crippen LogP contribution in [0, 0.1) is 12.8 Å². The van der Waals surface area contributed by atoms with Crippen LogP contribution in [-0.2, 0) is 16.6 Å². The van der Waals surface area contributed by atoms with Crippen LogP contribution >= 0.6 is 11.6 Å². The molecule has 0 radical (unpaired) electrons. The van der Waals surface area contributed by atoms with Crippen LogP contribution in [0.5, 0.6) is 0 Å². The van der Waals surface area contributed by atoms with E-state index in [1.54, 1.807) is 0 Å². The van der Waals surface area contributed by atoms with Crippen LogP contribution in [0.15, 0.2) is 17.0 Å². The van der Waals surface area contributed by atoms with Gasteiger partial charge in [-0.15, -0.1) is 0 Å². The van der Waals surface area contributed by atoms with E-state index in [4.69, 9.17) is 11.6 Å². The molecule has 1 aliphatic rings. The third-order valence-corrected chi connectivity index (χ3v) is 6.19. The fourth-order valence-corrected chi connectivity index (χ4v) is 4.64. The Morgan fingerprint density at radius 3 is 2.57 bits per heavy atom. The smallest absolute Gasteiger partial charge is 0.241 e. The topological polar surface area (TPSA) is 58.2 Å². The van der Waals surface area contributed by atoms with Crippen LogP contribution < -0.4 is 10.0 Å². The summed E-state index contributed by atoms with van der Waals surface area (Å²) in [5.41, 5.74) is 1.66. The lowest BCUT2D eigenvalue weighted by Crippen LogP contribution is -2.40. The van der Waals surface area contributed by atoms with Gasteiger partial charge in [0.15, 0.2) is 0 Å². The van der Waals surface area contributed by atoms with E-state index in [-0.39, 0.29) is 10.9 Å². The minimum atomic E-state index is -3.54. The molecule has 0 bridgehead atoms. The Hall–Kier alpha value is -0.620. The maximum absolute atomic E-state index is 12.6. The Bertz CT molecular complexity index is 612. The molecule has 21 heavy (non-hydrogen) atoms. The lowest BCUT2D eigenvalue weighted by atomic mass is 9.81. The first kappa shape index (κ1) is 16.7. The predicted octanol–water partition coefficient (Wildman–Crippen LogP) is 2.83. The number of hydrogen-bond acceptors (Lipinski definition) is 3. The molecule has 0 heterocycles. The van der Waals surface area contributed by atoms with Crippen molar-refractivity contribution in [2.45, 2.75) is 50.6 Å². The summed E-state index contributed by atoms with van der Waals surface area (Å²) in [6, 6.07) is 3.31. The highest BCUT2D eigenvalue weighted by Crippen LogP contribution is 2.31. The van der Waals surface area contributed by atoms with E-state index in [9.17, 15) is 8.42 Å². The largest absolute Gasteiger partial charge is 0.316 e. The minimum absolute atomic E-state index is 0.0325. The van der Waals surface area contributed by atoms with Crippen molar-refractivity contribution in [1.82, 2.24) is 10.0 Å². The number of sulfonamides is 1. The number of hydrogen-bond donors (Lipinski definition) is 2. The molecule has 6 heteroatoms. The molecule has 1 aliphatic carbocycles. The molecule has 0 amide bonds. The van der Waals surface area contributed by atoms with Gasteiger partial charge in [0.2, 0.25) is 10.0 Å². The summed E-state index contributed by atoms with van der Waals surface area (Å²) in [6.45, 7) is 4.36. The third-order valence-electron chi connectivity index (χ3n) is 4.29. The van der Waals surface area contributed by atoms with Crippen LogP contribution in [0.3, 0.4) is 0 Å². The maximum Gasteiger partial charge on any atom is 0.241 e. The van der Waals surface area contributed by atoms with Gasteiger partial charge in [0.1, 0.15) is 0 Å². The van der Waals surface area contributed by atoms with Crippen molar-refractivity contribution in [3.63, 3.8) is 0 Å². The highest BCUT2D eigenvalue weighted by atomic mass is 35.5. The highest BCUT2D eigenvalue weighted by molar-refractivity contribution is 7.89. The summed E-state index contributed by atoms with van der Waals surface area (Å²) >= 11 is 6.08. The Morgan fingerprint density at radius 2 is 2.05 bits per heavy atom. The van der Waals surface area contributed by atoms with Crippen molar-refractivity contribution in [2.24, 2.45) is 5.92 Å². The van der Waals surface area contributed by atoms with Crippen molar-refractivity contribution in [3.05, 3.63) is 28.3 Å². The zero-order valence-electron chi connectivity index (χ0n) is 12.7. The van der Waals surface area contributed by atoms with Gasteiger partial charge in [-0.3, -0.25) is 0 Å². The molecule has 0 aromatic heterocycles. The van der Waals surface area contributed by atoms with Gasteiger partial charge in [0, 0.05) is 17.6 Å². The number of halogens is 1. The van der Waals surface area contributed by atoms with Gasteiger partial charge in [-0.2, -0.15) is 0 Å². The molecule has 1 fully saturated rings. The quantitative estimate of drug-likeness (QED) is 0.843. The molecule has 1 unspecified atom stereocenters. The van der Waals surface area contributed by atoms with E-state index in [1.165, 1.54) is 12.5 Å². The van der Waals surface area contributed by atoms with E-state index in [0.717, 1.165) is 24.0 Å². The van der Waals surface area contributed by atoms with Gasteiger partial charge >= 0.3 is 0 Å². The van der Waals surface area contributed by atoms with Crippen molar-refractivity contribution in [1.29, 1.82) is 0 Å². The molecule has 1 saturated carbocycles. The van der Waals surface area contributed by atoms with Crippen LogP contribution in [-0.4, -0.2) is 21.5 Å². The first-order chi connectivity index (χ1) is 9.85. The number of rotatable bonds is 6. The Morgan fingerprint density at radius 1 is 1.38 bits per heavy atom. The van der Waals surface area contributed by atoms with Crippen LogP contribution in [0.2, 0.25) is 5.02 Å². The lowest BCUT2D eigenvalue weighted by Gasteiger charge is -2.31. The monoisotopic (exact) mass is 330 g/mol. The van der Waals surface area contributed by atoms with Gasteiger partial charge < -0.3 is 5.32 Å². The predicted molar refractivity (Wildman–Crippen MR) is 86.1 cm³/mol. The molecule has 2 N–H and O–H groups in total. The molecule has 0 saturated heterocycles. The summed E-state index contributed by atoms with van der Waals surface area (Å²) in [7, 11) is -1.71. The molecule has 2 rings (SSSR count). The Balaban J connectivity index is 2.30. The van der Waals surface area contributed by atoms with E-state index in [0.29, 0.717) is 17.5 Å². The summed E-state index contributed by atoms with van der Waals surface area (Å²) in [4.78, 5) is 0.284. The molecular weight excluding hydrogens is 308 g/mol. The minimum Gasteiger partial charge on any atom is -0.316 e. The van der Waals surface area contributed by atoms with Crippen molar-refractivity contribution in [2.75, 3.05) is 7.05 Å². The fraction of sp³-hybridized carbons (Fsp3) is 0.600. The third kappa shape index (κ3) is 3.77. The Kier molecular flexibility index (Phi) is 5.30. The normalized spacial score (nSPS) is 17.5. The van der Waals surface area contributed by atoms with Crippen LogP contribution in [0.25, 0.3) is 0 Å². The summed E-state index contributed by atoms with van der Waals surface area (Å²) in [5.74, 6) is 0.455. The van der Waals surface area contributed by atoms with Gasteiger partial charge in [-0.05, 0) is 62.9 Å². The fourth-order valence-electron chi connectivity index (χ4n) is 2.71. The zero-order valence-corrected chi connectivity index (χ0v) is 14.3. The average Bonchev–Trinajstić information content (AvgIpc) is 2.30. The van der Waals surface area contributed by atoms with E-state index in [1.807, 2.05) is 27.0 Å². The average molecular weight is 331 g/mol. The highest BCUT2D eigenvalue weighted by Gasteiger charge is 2.29.